The lowest BCUT2D eigenvalue weighted by molar-refractivity contribution is 0.0948. The summed E-state index contributed by atoms with van der Waals surface area (Å²) in [5.74, 6) is -0.193. The molecule has 6 heteroatoms. The molecular weight excluding hydrogens is 318 g/mol. The van der Waals surface area contributed by atoms with E-state index in [1.165, 1.54) is 6.07 Å². The maximum absolute atomic E-state index is 12.3. The zero-order chi connectivity index (χ0) is 17.6. The van der Waals surface area contributed by atoms with Gasteiger partial charge in [-0.2, -0.15) is 0 Å². The molecule has 1 fully saturated rings. The molecule has 1 atom stereocenters. The number of β-amino-alcohol motifs (C(OH)–C–C–N with tert-alkyl or cyclic N) is 1. The summed E-state index contributed by atoms with van der Waals surface area (Å²) in [4.78, 5) is 26.4. The third-order valence-electron chi connectivity index (χ3n) is 4.40. The molecule has 0 unspecified atom stereocenters. The van der Waals surface area contributed by atoms with Gasteiger partial charge in [-0.1, -0.05) is 30.3 Å². The number of pyridine rings is 1. The van der Waals surface area contributed by atoms with Crippen molar-refractivity contribution in [3.05, 3.63) is 70.1 Å². The van der Waals surface area contributed by atoms with Crippen molar-refractivity contribution in [3.63, 3.8) is 0 Å². The smallest absolute Gasteiger partial charge is 0.252 e. The van der Waals surface area contributed by atoms with Gasteiger partial charge in [0.15, 0.2) is 0 Å². The first-order chi connectivity index (χ1) is 12.1. The van der Waals surface area contributed by atoms with Crippen molar-refractivity contribution in [3.8, 4) is 0 Å². The Balaban J connectivity index is 1.59. The van der Waals surface area contributed by atoms with Gasteiger partial charge in [0.25, 0.3) is 11.5 Å². The van der Waals surface area contributed by atoms with Crippen molar-refractivity contribution in [2.75, 3.05) is 26.2 Å². The minimum absolute atomic E-state index is 0.133. The molecule has 2 heterocycles. The number of hydrogen-bond acceptors (Lipinski definition) is 4. The highest BCUT2D eigenvalue weighted by molar-refractivity contribution is 5.93. The molecule has 0 bridgehead atoms. The van der Waals surface area contributed by atoms with Crippen molar-refractivity contribution in [2.24, 2.45) is 0 Å². The highest BCUT2D eigenvalue weighted by Gasteiger charge is 2.19. The van der Waals surface area contributed by atoms with E-state index in [1.807, 2.05) is 30.3 Å². The van der Waals surface area contributed by atoms with Gasteiger partial charge in [-0.3, -0.25) is 14.5 Å². The second-order valence-electron chi connectivity index (χ2n) is 6.37. The molecule has 1 saturated heterocycles. The summed E-state index contributed by atoms with van der Waals surface area (Å²) >= 11 is 0. The number of aliphatic hydroxyl groups is 1. The Morgan fingerprint density at radius 2 is 2.00 bits per heavy atom. The lowest BCUT2D eigenvalue weighted by Gasteiger charge is -2.15. The number of aromatic nitrogens is 1. The Morgan fingerprint density at radius 3 is 2.72 bits per heavy atom. The highest BCUT2D eigenvalue weighted by atomic mass is 16.3. The van der Waals surface area contributed by atoms with Crippen LogP contribution in [0.25, 0.3) is 0 Å². The van der Waals surface area contributed by atoms with Gasteiger partial charge in [-0.05, 0) is 18.1 Å². The summed E-state index contributed by atoms with van der Waals surface area (Å²) in [5.41, 5.74) is 1.35. The van der Waals surface area contributed by atoms with E-state index in [0.717, 1.165) is 18.5 Å². The molecule has 0 aliphatic carbocycles. The number of amides is 1. The monoisotopic (exact) mass is 341 g/mol. The minimum Gasteiger partial charge on any atom is -0.392 e. The lowest BCUT2D eigenvalue weighted by atomic mass is 10.2. The van der Waals surface area contributed by atoms with E-state index in [0.29, 0.717) is 31.7 Å². The maximum atomic E-state index is 12.3. The fourth-order valence-electron chi connectivity index (χ4n) is 3.01. The summed E-state index contributed by atoms with van der Waals surface area (Å²) in [6, 6.07) is 12.6. The first-order valence-electron chi connectivity index (χ1n) is 8.55. The largest absolute Gasteiger partial charge is 0.392 e. The van der Waals surface area contributed by atoms with E-state index in [4.69, 9.17) is 0 Å². The van der Waals surface area contributed by atoms with Crippen LogP contribution >= 0.6 is 0 Å². The normalized spacial score (nSPS) is 17.6. The van der Waals surface area contributed by atoms with Gasteiger partial charge in [0, 0.05) is 38.4 Å². The van der Waals surface area contributed by atoms with Gasteiger partial charge in [0.05, 0.1) is 18.2 Å². The van der Waals surface area contributed by atoms with Crippen molar-refractivity contribution in [1.29, 1.82) is 0 Å². The summed E-state index contributed by atoms with van der Waals surface area (Å²) in [6.07, 6.45) is 2.14. The van der Waals surface area contributed by atoms with E-state index < -0.39 is 0 Å². The maximum Gasteiger partial charge on any atom is 0.252 e. The van der Waals surface area contributed by atoms with Crippen LogP contribution in [0.1, 0.15) is 22.3 Å². The first kappa shape index (κ1) is 17.4. The third-order valence-corrected chi connectivity index (χ3v) is 4.40. The Morgan fingerprint density at radius 1 is 1.20 bits per heavy atom. The summed E-state index contributed by atoms with van der Waals surface area (Å²) in [5, 5.41) is 12.4. The molecule has 132 valence electrons. The number of hydrogen-bond donors (Lipinski definition) is 2. The Bertz CT molecular complexity index is 773. The van der Waals surface area contributed by atoms with Crippen LogP contribution in [0.5, 0.6) is 0 Å². The molecule has 1 aromatic carbocycles. The number of carbonyl (C=O) groups is 1. The quantitative estimate of drug-likeness (QED) is 0.811. The number of nitrogens with one attached hydrogen (secondary N) is 1. The topological polar surface area (TPSA) is 74.6 Å². The van der Waals surface area contributed by atoms with Crippen molar-refractivity contribution < 1.29 is 9.90 Å². The molecule has 1 amide bonds. The van der Waals surface area contributed by atoms with Crippen LogP contribution in [-0.2, 0) is 6.54 Å². The van der Waals surface area contributed by atoms with Gasteiger partial charge in [-0.15, -0.1) is 0 Å². The van der Waals surface area contributed by atoms with E-state index in [9.17, 15) is 14.7 Å². The fraction of sp³-hybridized carbons (Fsp3) is 0.368. The second kappa shape index (κ2) is 8.09. The zero-order valence-electron chi connectivity index (χ0n) is 14.1. The molecule has 2 aromatic rings. The predicted octanol–water partition coefficient (Wildman–Crippen LogP) is 0.693. The average Bonchev–Trinajstić information content (AvgIpc) is 3.03. The summed E-state index contributed by atoms with van der Waals surface area (Å²) < 4.78 is 1.54. The summed E-state index contributed by atoms with van der Waals surface area (Å²) in [7, 11) is 0. The third kappa shape index (κ3) is 4.78. The molecule has 1 aliphatic heterocycles. The van der Waals surface area contributed by atoms with Crippen molar-refractivity contribution >= 4 is 5.91 Å². The van der Waals surface area contributed by atoms with E-state index in [-0.39, 0.29) is 17.6 Å². The van der Waals surface area contributed by atoms with Crippen LogP contribution in [0.4, 0.5) is 0 Å². The van der Waals surface area contributed by atoms with Gasteiger partial charge in [-0.25, -0.2) is 0 Å². The molecule has 0 spiro atoms. The van der Waals surface area contributed by atoms with Crippen LogP contribution in [-0.4, -0.2) is 52.8 Å². The number of nitrogens with zero attached hydrogens (tertiary/aromatic N) is 2. The first-order valence-corrected chi connectivity index (χ1v) is 8.55. The van der Waals surface area contributed by atoms with Gasteiger partial charge in [0.2, 0.25) is 0 Å². The van der Waals surface area contributed by atoms with Crippen LogP contribution in [0, 0.1) is 0 Å². The van der Waals surface area contributed by atoms with Crippen molar-refractivity contribution in [2.45, 2.75) is 19.1 Å². The average molecular weight is 341 g/mol. The van der Waals surface area contributed by atoms with Crippen LogP contribution < -0.4 is 10.9 Å². The van der Waals surface area contributed by atoms with Crippen LogP contribution in [0.2, 0.25) is 0 Å². The highest BCUT2D eigenvalue weighted by Crippen LogP contribution is 2.07. The number of aliphatic hydroxyl groups excluding tert-OH is 1. The number of benzene rings is 1. The van der Waals surface area contributed by atoms with E-state index in [2.05, 4.69) is 10.2 Å². The van der Waals surface area contributed by atoms with Crippen molar-refractivity contribution in [1.82, 2.24) is 14.8 Å². The number of carbonyl (C=O) groups excluding carboxylic acids is 1. The van der Waals surface area contributed by atoms with E-state index in [1.54, 1.807) is 16.8 Å². The number of rotatable bonds is 6. The minimum atomic E-state index is -0.253. The van der Waals surface area contributed by atoms with E-state index >= 15 is 0 Å². The Hall–Kier alpha value is -2.44. The predicted molar refractivity (Wildman–Crippen MR) is 95.6 cm³/mol. The molecule has 0 saturated carbocycles. The number of likely N-dealkylation sites (tertiary alicyclic amines) is 1. The molecule has 1 aliphatic rings. The Kier molecular flexibility index (Phi) is 5.63. The lowest BCUT2D eigenvalue weighted by Crippen LogP contribution is -2.34. The molecule has 0 radical (unpaired) electrons. The summed E-state index contributed by atoms with van der Waals surface area (Å²) in [6.45, 7) is 3.19. The van der Waals surface area contributed by atoms with Gasteiger partial charge < -0.3 is 15.0 Å². The Labute approximate surface area is 146 Å². The molecule has 3 rings (SSSR count). The standard InChI is InChI=1S/C19H23N3O3/c23-17-8-10-21(14-17)11-9-20-19(25)16-6-7-18(24)22(13-16)12-15-4-2-1-3-5-15/h1-7,13,17,23H,8-12,14H2,(H,20,25)/t17-/m1/s1. The van der Waals surface area contributed by atoms with Crippen LogP contribution in [0.15, 0.2) is 53.5 Å². The molecule has 25 heavy (non-hydrogen) atoms. The zero-order valence-corrected chi connectivity index (χ0v) is 14.1. The van der Waals surface area contributed by atoms with Gasteiger partial charge in [0.1, 0.15) is 0 Å². The van der Waals surface area contributed by atoms with Crippen LogP contribution in [0.3, 0.4) is 0 Å². The second-order valence-corrected chi connectivity index (χ2v) is 6.37. The molecule has 6 nitrogen and oxygen atoms in total. The fourth-order valence-corrected chi connectivity index (χ4v) is 3.01. The molecular formula is C19H23N3O3. The SMILES string of the molecule is O=C(NCCN1CC[C@@H](O)C1)c1ccc(=O)n(Cc2ccccc2)c1. The molecule has 1 aromatic heterocycles. The van der Waals surface area contributed by atoms with Gasteiger partial charge >= 0.3 is 0 Å². The molecule has 2 N–H and O–H groups in total.